The topological polar surface area (TPSA) is 52.6 Å². The summed E-state index contributed by atoms with van der Waals surface area (Å²) in [4.78, 5) is 10.7. The zero-order valence-electron chi connectivity index (χ0n) is 11.8. The minimum absolute atomic E-state index is 0.0516. The zero-order chi connectivity index (χ0) is 13.7. The van der Waals surface area contributed by atoms with Crippen molar-refractivity contribution in [1.82, 2.24) is 0 Å². The van der Waals surface area contributed by atoms with Gasteiger partial charge in [0, 0.05) is 6.92 Å². The lowest BCUT2D eigenvalue weighted by Crippen LogP contribution is -2.33. The molecule has 1 unspecified atom stereocenters. The first-order valence-electron chi connectivity index (χ1n) is 6.73. The fourth-order valence-corrected chi connectivity index (χ4v) is 3.61. The summed E-state index contributed by atoms with van der Waals surface area (Å²) in [6.45, 7) is 7.88. The first-order valence-corrected chi connectivity index (χ1v) is 8.25. The molecule has 0 aromatic carbocycles. The monoisotopic (exact) mass is 276 g/mol. The van der Waals surface area contributed by atoms with Gasteiger partial charge in [0.15, 0.2) is 6.35 Å². The molecule has 1 fully saturated rings. The smallest absolute Gasteiger partial charge is 0.303 e. The second-order valence-corrected chi connectivity index (χ2v) is 6.90. The van der Waals surface area contributed by atoms with E-state index < -0.39 is 14.0 Å². The molecule has 0 saturated heterocycles. The highest BCUT2D eigenvalue weighted by atomic mass is 31.1. The minimum Gasteiger partial charge on any atom is -0.456 e. The van der Waals surface area contributed by atoms with E-state index >= 15 is 0 Å². The van der Waals surface area contributed by atoms with Crippen LogP contribution in [0, 0.1) is 17.8 Å². The minimum atomic E-state index is -2.27. The summed E-state index contributed by atoms with van der Waals surface area (Å²) < 4.78 is 22.2. The van der Waals surface area contributed by atoms with E-state index in [1.54, 1.807) is 0 Å². The Hall–Kier alpha value is -0.340. The van der Waals surface area contributed by atoms with Crippen molar-refractivity contribution in [1.29, 1.82) is 0 Å². The number of esters is 1. The molecule has 4 nitrogen and oxygen atoms in total. The highest BCUT2D eigenvalue weighted by Crippen LogP contribution is 2.40. The van der Waals surface area contributed by atoms with Gasteiger partial charge in [-0.15, -0.1) is 0 Å². The SMILES string of the molecule is CC(=O)OC[PH](=O)O[C@@H]1C[C@H](C)CC[C@H]1C(C)C. The van der Waals surface area contributed by atoms with Crippen LogP contribution >= 0.6 is 8.03 Å². The molecule has 0 aliphatic heterocycles. The average molecular weight is 276 g/mol. The van der Waals surface area contributed by atoms with Crippen LogP contribution in [0.15, 0.2) is 0 Å². The van der Waals surface area contributed by atoms with Gasteiger partial charge in [0.05, 0.1) is 6.10 Å². The molecule has 0 bridgehead atoms. The van der Waals surface area contributed by atoms with Gasteiger partial charge >= 0.3 is 5.97 Å². The quantitative estimate of drug-likeness (QED) is 0.570. The first kappa shape index (κ1) is 15.7. The van der Waals surface area contributed by atoms with E-state index in [0.717, 1.165) is 12.8 Å². The molecule has 0 spiro atoms. The molecule has 1 aliphatic carbocycles. The fraction of sp³-hybridized carbons (Fsp3) is 0.923. The van der Waals surface area contributed by atoms with Crippen LogP contribution in [-0.2, 0) is 18.6 Å². The summed E-state index contributed by atoms with van der Waals surface area (Å²) in [5.74, 6) is 1.21. The highest BCUT2D eigenvalue weighted by molar-refractivity contribution is 7.38. The maximum absolute atomic E-state index is 11.8. The Bertz CT molecular complexity index is 303. The predicted molar refractivity (Wildman–Crippen MR) is 71.9 cm³/mol. The molecule has 1 aliphatic rings. The predicted octanol–water partition coefficient (Wildman–Crippen LogP) is 3.46. The van der Waals surface area contributed by atoms with Gasteiger partial charge in [-0.1, -0.05) is 27.2 Å². The Labute approximate surface area is 110 Å². The van der Waals surface area contributed by atoms with E-state index in [-0.39, 0.29) is 12.5 Å². The second kappa shape index (κ2) is 7.30. The van der Waals surface area contributed by atoms with Crippen LogP contribution in [-0.4, -0.2) is 18.4 Å². The molecule has 5 heteroatoms. The second-order valence-electron chi connectivity index (χ2n) is 5.63. The Morgan fingerprint density at radius 3 is 2.61 bits per heavy atom. The van der Waals surface area contributed by atoms with Crippen molar-refractivity contribution < 1.29 is 18.6 Å². The Balaban J connectivity index is 2.49. The molecule has 0 aromatic rings. The number of hydrogen-bond donors (Lipinski definition) is 0. The van der Waals surface area contributed by atoms with Crippen molar-refractivity contribution in [2.24, 2.45) is 17.8 Å². The van der Waals surface area contributed by atoms with Crippen molar-refractivity contribution in [3.8, 4) is 0 Å². The zero-order valence-corrected chi connectivity index (χ0v) is 12.8. The van der Waals surface area contributed by atoms with Crippen molar-refractivity contribution >= 4 is 14.0 Å². The molecule has 0 amide bonds. The van der Waals surface area contributed by atoms with Crippen LogP contribution < -0.4 is 0 Å². The Morgan fingerprint density at radius 2 is 2.06 bits per heavy atom. The summed E-state index contributed by atoms with van der Waals surface area (Å²) in [7, 11) is -2.27. The fourth-order valence-electron chi connectivity index (χ4n) is 2.61. The molecule has 0 heterocycles. The summed E-state index contributed by atoms with van der Waals surface area (Å²) in [6.07, 6.45) is 3.27. The molecule has 106 valence electrons. The third kappa shape index (κ3) is 5.11. The Kier molecular flexibility index (Phi) is 6.37. The van der Waals surface area contributed by atoms with Crippen LogP contribution in [0.5, 0.6) is 0 Å². The molecule has 0 radical (unpaired) electrons. The van der Waals surface area contributed by atoms with Gasteiger partial charge < -0.3 is 9.26 Å². The van der Waals surface area contributed by atoms with Crippen molar-refractivity contribution in [3.63, 3.8) is 0 Å². The van der Waals surface area contributed by atoms with Crippen LogP contribution in [0.4, 0.5) is 0 Å². The van der Waals surface area contributed by atoms with Crippen LogP contribution in [0.2, 0.25) is 0 Å². The number of ether oxygens (including phenoxy) is 1. The van der Waals surface area contributed by atoms with Crippen LogP contribution in [0.1, 0.15) is 47.0 Å². The average Bonchev–Trinajstić information content (AvgIpc) is 2.26. The first-order chi connectivity index (χ1) is 8.40. The maximum Gasteiger partial charge on any atom is 0.303 e. The van der Waals surface area contributed by atoms with Crippen molar-refractivity contribution in [3.05, 3.63) is 0 Å². The van der Waals surface area contributed by atoms with Gasteiger partial charge in [0.25, 0.3) is 0 Å². The van der Waals surface area contributed by atoms with Crippen LogP contribution in [0.3, 0.4) is 0 Å². The lowest BCUT2D eigenvalue weighted by atomic mass is 9.75. The molecule has 1 saturated carbocycles. The molecule has 0 N–H and O–H groups in total. The van der Waals surface area contributed by atoms with Gasteiger partial charge in [-0.2, -0.15) is 0 Å². The maximum atomic E-state index is 11.8. The van der Waals surface area contributed by atoms with E-state index in [0.29, 0.717) is 17.8 Å². The standard InChI is InChI=1S/C13H25O4P/c1-9(2)12-6-5-10(3)7-13(12)17-18(15)8-16-11(4)14/h9-10,12-13,18H,5-8H2,1-4H3/t10-,12+,13-/m1/s1. The third-order valence-corrected chi connectivity index (χ3v) is 4.58. The van der Waals surface area contributed by atoms with Gasteiger partial charge in [0.2, 0.25) is 8.03 Å². The number of carbonyl (C=O) groups excluding carboxylic acids is 1. The molecular formula is C13H25O4P. The molecule has 0 aromatic heterocycles. The largest absolute Gasteiger partial charge is 0.456 e. The van der Waals surface area contributed by atoms with E-state index in [1.807, 2.05) is 0 Å². The summed E-state index contributed by atoms with van der Waals surface area (Å²) in [5, 5.41) is 0. The number of hydrogen-bond acceptors (Lipinski definition) is 4. The summed E-state index contributed by atoms with van der Waals surface area (Å²) in [5.41, 5.74) is 0. The number of carbonyl (C=O) groups is 1. The van der Waals surface area contributed by atoms with E-state index in [1.165, 1.54) is 13.3 Å². The molecule has 4 atom stereocenters. The van der Waals surface area contributed by atoms with Gasteiger partial charge in [-0.05, 0) is 30.6 Å². The Morgan fingerprint density at radius 1 is 1.39 bits per heavy atom. The molecular weight excluding hydrogens is 251 g/mol. The van der Waals surface area contributed by atoms with Crippen LogP contribution in [0.25, 0.3) is 0 Å². The van der Waals surface area contributed by atoms with Crippen molar-refractivity contribution in [2.45, 2.75) is 53.1 Å². The van der Waals surface area contributed by atoms with E-state index in [9.17, 15) is 9.36 Å². The highest BCUT2D eigenvalue weighted by Gasteiger charge is 2.32. The third-order valence-electron chi connectivity index (χ3n) is 3.64. The normalized spacial score (nSPS) is 30.2. The lowest BCUT2D eigenvalue weighted by Gasteiger charge is -2.36. The van der Waals surface area contributed by atoms with E-state index in [4.69, 9.17) is 9.26 Å². The summed E-state index contributed by atoms with van der Waals surface area (Å²) in [6, 6.07) is 0. The van der Waals surface area contributed by atoms with Crippen molar-refractivity contribution in [2.75, 3.05) is 6.35 Å². The molecule has 18 heavy (non-hydrogen) atoms. The lowest BCUT2D eigenvalue weighted by molar-refractivity contribution is -0.139. The summed E-state index contributed by atoms with van der Waals surface area (Å²) >= 11 is 0. The van der Waals surface area contributed by atoms with Gasteiger partial charge in [-0.25, -0.2) is 0 Å². The molecule has 1 rings (SSSR count). The number of rotatable bonds is 5. The van der Waals surface area contributed by atoms with Gasteiger partial charge in [0.1, 0.15) is 0 Å². The van der Waals surface area contributed by atoms with E-state index in [2.05, 4.69) is 20.8 Å². The van der Waals surface area contributed by atoms with Gasteiger partial charge in [-0.3, -0.25) is 9.36 Å².